The number of aldehydes is 1. The summed E-state index contributed by atoms with van der Waals surface area (Å²) < 4.78 is 5.18. The van der Waals surface area contributed by atoms with Gasteiger partial charge in [-0.15, -0.1) is 0 Å². The van der Waals surface area contributed by atoms with Crippen LogP contribution in [0.2, 0.25) is 0 Å². The van der Waals surface area contributed by atoms with Gasteiger partial charge in [-0.3, -0.25) is 14.5 Å². The van der Waals surface area contributed by atoms with Crippen LogP contribution in [0.4, 0.5) is 0 Å². The Morgan fingerprint density at radius 1 is 1.26 bits per heavy atom. The molecule has 0 bridgehead atoms. The molecule has 2 aliphatic rings. The Labute approximate surface area is 113 Å². The normalized spacial score (nSPS) is 21.9. The van der Waals surface area contributed by atoms with Crippen molar-refractivity contribution < 1.29 is 14.3 Å². The van der Waals surface area contributed by atoms with Crippen LogP contribution in [0, 0.1) is 0 Å². The molecule has 0 aromatic rings. The van der Waals surface area contributed by atoms with Crippen LogP contribution in [-0.4, -0.2) is 67.4 Å². The van der Waals surface area contributed by atoms with Crippen LogP contribution in [0.15, 0.2) is 23.8 Å². The summed E-state index contributed by atoms with van der Waals surface area (Å²) in [4.78, 5) is 26.8. The second-order valence-electron chi connectivity index (χ2n) is 5.05. The summed E-state index contributed by atoms with van der Waals surface area (Å²) >= 11 is 0. The summed E-state index contributed by atoms with van der Waals surface area (Å²) in [5.41, 5.74) is 0.897. The highest BCUT2D eigenvalue weighted by Crippen LogP contribution is 2.14. The van der Waals surface area contributed by atoms with E-state index in [4.69, 9.17) is 4.74 Å². The smallest absolute Gasteiger partial charge is 0.253 e. The predicted octanol–water partition coefficient (Wildman–Crippen LogP) is 0.231. The number of hydrogen-bond donors (Lipinski definition) is 0. The van der Waals surface area contributed by atoms with Crippen LogP contribution in [0.3, 0.4) is 0 Å². The molecule has 2 aliphatic heterocycles. The van der Waals surface area contributed by atoms with Crippen molar-refractivity contribution in [3.05, 3.63) is 23.8 Å². The fraction of sp³-hybridized carbons (Fsp3) is 0.571. The van der Waals surface area contributed by atoms with Crippen molar-refractivity contribution in [1.82, 2.24) is 9.80 Å². The molecule has 0 aromatic heterocycles. The van der Waals surface area contributed by atoms with Gasteiger partial charge >= 0.3 is 0 Å². The molecule has 0 saturated carbocycles. The lowest BCUT2D eigenvalue weighted by molar-refractivity contribution is -0.131. The second kappa shape index (κ2) is 6.12. The number of hydrogen-bond acceptors (Lipinski definition) is 4. The zero-order chi connectivity index (χ0) is 13.8. The Morgan fingerprint density at radius 3 is 2.37 bits per heavy atom. The third kappa shape index (κ3) is 3.30. The van der Waals surface area contributed by atoms with Crippen LogP contribution in [0.5, 0.6) is 0 Å². The summed E-state index contributed by atoms with van der Waals surface area (Å²) in [5, 5.41) is 0. The average Bonchev–Trinajstić information content (AvgIpc) is 2.36. The highest BCUT2D eigenvalue weighted by molar-refractivity contribution is 5.96. The summed E-state index contributed by atoms with van der Waals surface area (Å²) in [7, 11) is 0. The van der Waals surface area contributed by atoms with Gasteiger partial charge in [-0.2, -0.15) is 0 Å². The molecule has 19 heavy (non-hydrogen) atoms. The van der Waals surface area contributed by atoms with Gasteiger partial charge in [0.1, 0.15) is 6.29 Å². The summed E-state index contributed by atoms with van der Waals surface area (Å²) in [6, 6.07) is 0.526. The van der Waals surface area contributed by atoms with Crippen LogP contribution in [0.1, 0.15) is 6.92 Å². The van der Waals surface area contributed by atoms with E-state index in [1.54, 1.807) is 17.9 Å². The van der Waals surface area contributed by atoms with E-state index < -0.39 is 0 Å². The van der Waals surface area contributed by atoms with Crippen molar-refractivity contribution in [2.75, 3.05) is 39.4 Å². The molecule has 2 heterocycles. The van der Waals surface area contributed by atoms with Gasteiger partial charge in [0, 0.05) is 31.8 Å². The molecule has 0 unspecified atom stereocenters. The molecule has 2 saturated heterocycles. The monoisotopic (exact) mass is 264 g/mol. The van der Waals surface area contributed by atoms with E-state index in [1.165, 1.54) is 0 Å². The van der Waals surface area contributed by atoms with Crippen LogP contribution in [0.25, 0.3) is 0 Å². The van der Waals surface area contributed by atoms with Gasteiger partial charge in [-0.25, -0.2) is 0 Å². The van der Waals surface area contributed by atoms with E-state index in [-0.39, 0.29) is 5.91 Å². The molecule has 0 N–H and O–H groups in total. The van der Waals surface area contributed by atoms with Crippen LogP contribution >= 0.6 is 0 Å². The first-order valence-corrected chi connectivity index (χ1v) is 6.55. The van der Waals surface area contributed by atoms with Gasteiger partial charge in [0.2, 0.25) is 0 Å². The molecule has 5 heteroatoms. The summed E-state index contributed by atoms with van der Waals surface area (Å²) in [6.07, 6.45) is 2.27. The minimum Gasteiger partial charge on any atom is -0.378 e. The molecule has 0 aliphatic carbocycles. The van der Waals surface area contributed by atoms with E-state index >= 15 is 0 Å². The van der Waals surface area contributed by atoms with E-state index in [0.717, 1.165) is 32.6 Å². The number of carbonyl (C=O) groups is 2. The Morgan fingerprint density at radius 2 is 1.89 bits per heavy atom. The Hall–Kier alpha value is -1.46. The van der Waals surface area contributed by atoms with Crippen molar-refractivity contribution in [2.45, 2.75) is 13.0 Å². The molecule has 0 radical (unpaired) electrons. The van der Waals surface area contributed by atoms with Gasteiger partial charge in [-0.05, 0) is 18.6 Å². The lowest BCUT2D eigenvalue weighted by atomic mass is 10.1. The first kappa shape index (κ1) is 14.0. The molecule has 2 fully saturated rings. The van der Waals surface area contributed by atoms with Crippen molar-refractivity contribution in [1.29, 1.82) is 0 Å². The molecule has 0 atom stereocenters. The van der Waals surface area contributed by atoms with Gasteiger partial charge in [-0.1, -0.05) is 6.58 Å². The SMILES string of the molecule is C=C(/C=C(/C)C=O)C(=O)N1CCN(C2COC2)CC1. The molecule has 104 valence electrons. The molecular formula is C14H20N2O3. The molecule has 1 amide bonds. The molecule has 0 aromatic carbocycles. The lowest BCUT2D eigenvalue weighted by Crippen LogP contribution is -2.57. The fourth-order valence-electron chi connectivity index (χ4n) is 2.30. The fourth-order valence-corrected chi connectivity index (χ4v) is 2.30. The highest BCUT2D eigenvalue weighted by atomic mass is 16.5. The molecular weight excluding hydrogens is 244 g/mol. The third-order valence-corrected chi connectivity index (χ3v) is 3.60. The van der Waals surface area contributed by atoms with E-state index in [9.17, 15) is 9.59 Å². The van der Waals surface area contributed by atoms with Gasteiger partial charge in [0.25, 0.3) is 5.91 Å². The lowest BCUT2D eigenvalue weighted by Gasteiger charge is -2.42. The molecule has 2 rings (SSSR count). The minimum absolute atomic E-state index is 0.0780. The number of nitrogens with zero attached hydrogens (tertiary/aromatic N) is 2. The molecule has 5 nitrogen and oxygen atoms in total. The Kier molecular flexibility index (Phi) is 4.50. The van der Waals surface area contributed by atoms with Crippen molar-refractivity contribution in [3.8, 4) is 0 Å². The number of ether oxygens (including phenoxy) is 1. The standard InChI is InChI=1S/C14H20N2O3/c1-11(8-17)7-12(2)14(18)16-5-3-15(4-6-16)13-9-19-10-13/h7-8,13H,2-6,9-10H2,1H3/b11-7-. The minimum atomic E-state index is -0.0780. The highest BCUT2D eigenvalue weighted by Gasteiger charge is 2.30. The maximum Gasteiger partial charge on any atom is 0.253 e. The van der Waals surface area contributed by atoms with E-state index in [0.29, 0.717) is 30.3 Å². The first-order valence-electron chi connectivity index (χ1n) is 6.55. The largest absolute Gasteiger partial charge is 0.378 e. The van der Waals surface area contributed by atoms with Gasteiger partial charge < -0.3 is 9.64 Å². The van der Waals surface area contributed by atoms with Gasteiger partial charge in [0.15, 0.2) is 0 Å². The quantitative estimate of drug-likeness (QED) is 0.414. The van der Waals surface area contributed by atoms with Crippen molar-refractivity contribution in [3.63, 3.8) is 0 Å². The predicted molar refractivity (Wildman–Crippen MR) is 71.7 cm³/mol. The summed E-state index contributed by atoms with van der Waals surface area (Å²) in [6.45, 7) is 10.2. The topological polar surface area (TPSA) is 49.9 Å². The van der Waals surface area contributed by atoms with Crippen molar-refractivity contribution in [2.24, 2.45) is 0 Å². The van der Waals surface area contributed by atoms with E-state index in [1.807, 2.05) is 0 Å². The molecule has 0 spiro atoms. The maximum absolute atomic E-state index is 12.1. The maximum atomic E-state index is 12.1. The number of amides is 1. The van der Waals surface area contributed by atoms with E-state index in [2.05, 4.69) is 11.5 Å². The average molecular weight is 264 g/mol. The van der Waals surface area contributed by atoms with Crippen molar-refractivity contribution >= 4 is 12.2 Å². The number of rotatable bonds is 4. The number of piperazine rings is 1. The number of allylic oxidation sites excluding steroid dienone is 1. The zero-order valence-corrected chi connectivity index (χ0v) is 11.3. The van der Waals surface area contributed by atoms with Crippen LogP contribution < -0.4 is 0 Å². The first-order chi connectivity index (χ1) is 9.11. The third-order valence-electron chi connectivity index (χ3n) is 3.60. The number of carbonyl (C=O) groups excluding carboxylic acids is 2. The van der Waals surface area contributed by atoms with Crippen LogP contribution in [-0.2, 0) is 14.3 Å². The zero-order valence-electron chi connectivity index (χ0n) is 11.3. The Bertz CT molecular complexity index is 405. The summed E-state index contributed by atoms with van der Waals surface area (Å²) in [5.74, 6) is -0.0780. The Balaban J connectivity index is 1.84. The second-order valence-corrected chi connectivity index (χ2v) is 5.05. The van der Waals surface area contributed by atoms with Gasteiger partial charge in [0.05, 0.1) is 19.3 Å².